The number of anilines is 1. The number of hydrogen-bond donors (Lipinski definition) is 2. The summed E-state index contributed by atoms with van der Waals surface area (Å²) < 4.78 is 27.7. The van der Waals surface area contributed by atoms with Gasteiger partial charge in [-0.15, -0.1) is 0 Å². The van der Waals surface area contributed by atoms with Crippen LogP contribution in [0.3, 0.4) is 0 Å². The van der Waals surface area contributed by atoms with Gasteiger partial charge in [0.05, 0.1) is 10.6 Å². The third-order valence-corrected chi connectivity index (χ3v) is 5.08. The van der Waals surface area contributed by atoms with Gasteiger partial charge < -0.3 is 5.32 Å². The molecule has 0 atom stereocenters. The first-order valence-electron chi connectivity index (χ1n) is 7.22. The zero-order valence-corrected chi connectivity index (χ0v) is 13.9. The van der Waals surface area contributed by atoms with E-state index in [0.717, 1.165) is 25.1 Å². The lowest BCUT2D eigenvalue weighted by atomic mass is 10.1. The van der Waals surface area contributed by atoms with Gasteiger partial charge in [-0.1, -0.05) is 23.7 Å². The summed E-state index contributed by atoms with van der Waals surface area (Å²) in [5.41, 5.74) is 1.24. The van der Waals surface area contributed by atoms with Gasteiger partial charge in [-0.05, 0) is 42.8 Å². The van der Waals surface area contributed by atoms with Crippen molar-refractivity contribution in [1.29, 1.82) is 0 Å². The smallest absolute Gasteiger partial charge is 0.261 e. The summed E-state index contributed by atoms with van der Waals surface area (Å²) in [6.07, 6.45) is 0.974. The molecule has 2 aromatic rings. The molecule has 1 heterocycles. The highest BCUT2D eigenvalue weighted by Gasteiger charge is 2.18. The molecule has 7 heteroatoms. The molecule has 23 heavy (non-hydrogen) atoms. The second kappa shape index (κ2) is 6.60. The number of aliphatic imine (C=N–C) groups is 1. The lowest BCUT2D eigenvalue weighted by Crippen LogP contribution is -2.31. The first-order valence-corrected chi connectivity index (χ1v) is 9.08. The highest BCUT2D eigenvalue weighted by Crippen LogP contribution is 2.22. The minimum absolute atomic E-state index is 0.162. The third-order valence-electron chi connectivity index (χ3n) is 3.45. The Bertz CT molecular complexity index is 833. The van der Waals surface area contributed by atoms with Crippen LogP contribution in [0.1, 0.15) is 12.0 Å². The molecule has 0 aromatic heterocycles. The van der Waals surface area contributed by atoms with Crippen molar-refractivity contribution >= 4 is 33.1 Å². The van der Waals surface area contributed by atoms with Crippen molar-refractivity contribution in [3.63, 3.8) is 0 Å². The molecule has 0 bridgehead atoms. The van der Waals surface area contributed by atoms with Crippen LogP contribution in [0.15, 0.2) is 58.4 Å². The molecule has 0 fully saturated rings. The van der Waals surface area contributed by atoms with Crippen molar-refractivity contribution in [2.45, 2.75) is 11.3 Å². The van der Waals surface area contributed by atoms with E-state index in [1.807, 2.05) is 12.1 Å². The molecule has 0 spiro atoms. The van der Waals surface area contributed by atoms with Crippen LogP contribution in [-0.2, 0) is 10.0 Å². The number of sulfonamides is 1. The highest BCUT2D eigenvalue weighted by atomic mass is 35.5. The standard InChI is InChI=1S/C16H16ClN3O2S/c17-12-6-8-13(9-7-12)23(21,22)20-15-5-2-1-4-14(15)16-18-10-3-11-19-16/h1-2,4-9,20H,3,10-11H2,(H,18,19). The average molecular weight is 350 g/mol. The second-order valence-electron chi connectivity index (χ2n) is 5.12. The first-order chi connectivity index (χ1) is 11.1. The van der Waals surface area contributed by atoms with Crippen molar-refractivity contribution in [1.82, 2.24) is 5.32 Å². The maximum atomic E-state index is 12.5. The minimum Gasteiger partial charge on any atom is -0.370 e. The molecule has 0 saturated heterocycles. The number of rotatable bonds is 4. The molecule has 0 unspecified atom stereocenters. The van der Waals surface area contributed by atoms with E-state index in [1.165, 1.54) is 12.1 Å². The molecule has 0 saturated carbocycles. The van der Waals surface area contributed by atoms with E-state index >= 15 is 0 Å². The molecule has 0 radical (unpaired) electrons. The van der Waals surface area contributed by atoms with E-state index in [1.54, 1.807) is 24.3 Å². The highest BCUT2D eigenvalue weighted by molar-refractivity contribution is 7.92. The van der Waals surface area contributed by atoms with Crippen molar-refractivity contribution < 1.29 is 8.42 Å². The topological polar surface area (TPSA) is 70.6 Å². The van der Waals surface area contributed by atoms with Gasteiger partial charge in [0, 0.05) is 23.7 Å². The maximum Gasteiger partial charge on any atom is 0.261 e. The molecule has 2 aromatic carbocycles. The quantitative estimate of drug-likeness (QED) is 0.891. The van der Waals surface area contributed by atoms with Crippen LogP contribution in [-0.4, -0.2) is 27.3 Å². The van der Waals surface area contributed by atoms with Crippen LogP contribution < -0.4 is 10.0 Å². The summed E-state index contributed by atoms with van der Waals surface area (Å²) in [5.74, 6) is 0.714. The van der Waals surface area contributed by atoms with Crippen molar-refractivity contribution in [2.24, 2.45) is 4.99 Å². The average Bonchev–Trinajstić information content (AvgIpc) is 2.56. The summed E-state index contributed by atoms with van der Waals surface area (Å²) in [7, 11) is -3.68. The van der Waals surface area contributed by atoms with Gasteiger partial charge in [0.25, 0.3) is 10.0 Å². The number of para-hydroxylation sites is 1. The molecule has 3 rings (SSSR count). The predicted molar refractivity (Wildman–Crippen MR) is 92.7 cm³/mol. The Hall–Kier alpha value is -2.05. The molecule has 2 N–H and O–H groups in total. The van der Waals surface area contributed by atoms with Crippen LogP contribution in [0.4, 0.5) is 5.69 Å². The van der Waals surface area contributed by atoms with E-state index in [-0.39, 0.29) is 4.90 Å². The van der Waals surface area contributed by atoms with Gasteiger partial charge in [-0.2, -0.15) is 0 Å². The van der Waals surface area contributed by atoms with Crippen molar-refractivity contribution in [3.05, 3.63) is 59.1 Å². The van der Waals surface area contributed by atoms with Gasteiger partial charge in [-0.25, -0.2) is 8.42 Å². The summed E-state index contributed by atoms with van der Waals surface area (Å²) in [6, 6.07) is 13.3. The number of hydrogen-bond acceptors (Lipinski definition) is 4. The van der Waals surface area contributed by atoms with Crippen LogP contribution in [0.5, 0.6) is 0 Å². The van der Waals surface area contributed by atoms with Crippen molar-refractivity contribution in [2.75, 3.05) is 17.8 Å². The summed E-state index contributed by atoms with van der Waals surface area (Å²) in [6.45, 7) is 1.57. The van der Waals surface area contributed by atoms with E-state index in [0.29, 0.717) is 16.5 Å². The van der Waals surface area contributed by atoms with Crippen molar-refractivity contribution in [3.8, 4) is 0 Å². The molecular formula is C16H16ClN3O2S. The van der Waals surface area contributed by atoms with E-state index in [9.17, 15) is 8.42 Å². The normalized spacial score (nSPS) is 14.7. The lowest BCUT2D eigenvalue weighted by Gasteiger charge is -2.18. The van der Waals surface area contributed by atoms with Gasteiger partial charge >= 0.3 is 0 Å². The Balaban J connectivity index is 1.93. The van der Waals surface area contributed by atoms with Gasteiger partial charge in [0.15, 0.2) is 0 Å². The maximum absolute atomic E-state index is 12.5. The van der Waals surface area contributed by atoms with Crippen LogP contribution in [0.25, 0.3) is 0 Å². The Morgan fingerprint density at radius 1 is 1.09 bits per heavy atom. The van der Waals surface area contributed by atoms with Crippen LogP contribution >= 0.6 is 11.6 Å². The summed E-state index contributed by atoms with van der Waals surface area (Å²) >= 11 is 5.81. The molecular weight excluding hydrogens is 334 g/mol. The Labute approximate surface area is 140 Å². The number of amidine groups is 1. The van der Waals surface area contributed by atoms with E-state index in [2.05, 4.69) is 15.0 Å². The fraction of sp³-hybridized carbons (Fsp3) is 0.188. The fourth-order valence-electron chi connectivity index (χ4n) is 2.31. The molecule has 5 nitrogen and oxygen atoms in total. The molecule has 120 valence electrons. The second-order valence-corrected chi connectivity index (χ2v) is 7.23. The molecule has 1 aliphatic heterocycles. The monoisotopic (exact) mass is 349 g/mol. The number of nitrogens with one attached hydrogen (secondary N) is 2. The number of nitrogens with zero attached hydrogens (tertiary/aromatic N) is 1. The van der Waals surface area contributed by atoms with Gasteiger partial charge in [0.2, 0.25) is 0 Å². The van der Waals surface area contributed by atoms with E-state index in [4.69, 9.17) is 11.6 Å². The predicted octanol–water partition coefficient (Wildman–Crippen LogP) is 2.88. The van der Waals surface area contributed by atoms with E-state index < -0.39 is 10.0 Å². The minimum atomic E-state index is -3.68. The zero-order chi connectivity index (χ0) is 16.3. The van der Waals surface area contributed by atoms with Crippen LogP contribution in [0.2, 0.25) is 5.02 Å². The van der Waals surface area contributed by atoms with Gasteiger partial charge in [-0.3, -0.25) is 9.71 Å². The van der Waals surface area contributed by atoms with Gasteiger partial charge in [0.1, 0.15) is 5.84 Å². The zero-order valence-electron chi connectivity index (χ0n) is 12.3. The SMILES string of the molecule is O=S(=O)(Nc1ccccc1C1=NCCCN1)c1ccc(Cl)cc1. The van der Waals surface area contributed by atoms with Crippen LogP contribution in [0, 0.1) is 0 Å². The first kappa shape index (κ1) is 15.8. The summed E-state index contributed by atoms with van der Waals surface area (Å²) in [4.78, 5) is 4.59. The Morgan fingerprint density at radius 3 is 2.52 bits per heavy atom. The summed E-state index contributed by atoms with van der Waals surface area (Å²) in [5, 5.41) is 3.70. The third kappa shape index (κ3) is 3.65. The Morgan fingerprint density at radius 2 is 1.83 bits per heavy atom. The lowest BCUT2D eigenvalue weighted by molar-refractivity contribution is 0.601. The number of benzene rings is 2. The largest absolute Gasteiger partial charge is 0.370 e. The molecule has 0 aliphatic carbocycles. The Kier molecular flexibility index (Phi) is 4.54. The molecule has 0 amide bonds. The number of halogens is 1. The fourth-order valence-corrected chi connectivity index (χ4v) is 3.51. The molecule has 1 aliphatic rings.